The minimum Gasteiger partial charge on any atom is -0.382 e. The second-order valence-corrected chi connectivity index (χ2v) is 4.77. The molecule has 2 amide bonds. The number of benzene rings is 1. The Morgan fingerprint density at radius 3 is 2.78 bits per heavy atom. The summed E-state index contributed by atoms with van der Waals surface area (Å²) in [5, 5.41) is 14.8. The Morgan fingerprint density at radius 2 is 2.17 bits per heavy atom. The molecule has 1 rings (SSSR count). The normalized spacial score (nSPS) is 9.44. The van der Waals surface area contributed by atoms with Gasteiger partial charge >= 0.3 is 6.03 Å². The molecule has 0 aromatic heterocycles. The van der Waals surface area contributed by atoms with E-state index in [2.05, 4.69) is 32.6 Å². The topological polar surface area (TPSA) is 68.2 Å². The number of nitrogens with zero attached hydrogens (tertiary/aromatic N) is 2. The first-order valence-electron chi connectivity index (χ1n) is 5.43. The average molecular weight is 311 g/mol. The van der Waals surface area contributed by atoms with Crippen molar-refractivity contribution < 1.29 is 4.79 Å². The lowest BCUT2D eigenvalue weighted by Gasteiger charge is -2.13. The van der Waals surface area contributed by atoms with Gasteiger partial charge in [-0.05, 0) is 18.2 Å². The standard InChI is InChI=1S/C12H15BrN4O/c1-17(2)12(18)16-6-5-15-11-7-10(13)4-3-9(11)8-14/h3-4,7,15H,5-6H2,1-2H3,(H,16,18). The Morgan fingerprint density at radius 1 is 1.44 bits per heavy atom. The number of nitriles is 1. The van der Waals surface area contributed by atoms with E-state index in [0.717, 1.165) is 10.2 Å². The smallest absolute Gasteiger partial charge is 0.316 e. The van der Waals surface area contributed by atoms with Crippen LogP contribution in [0.15, 0.2) is 22.7 Å². The van der Waals surface area contributed by atoms with Gasteiger partial charge in [-0.2, -0.15) is 5.26 Å². The van der Waals surface area contributed by atoms with Crippen LogP contribution in [0.1, 0.15) is 5.56 Å². The van der Waals surface area contributed by atoms with Crippen molar-refractivity contribution in [3.8, 4) is 6.07 Å². The molecule has 96 valence electrons. The van der Waals surface area contributed by atoms with Gasteiger partial charge in [-0.1, -0.05) is 15.9 Å². The Labute approximate surface area is 115 Å². The summed E-state index contributed by atoms with van der Waals surface area (Å²) in [7, 11) is 3.37. The van der Waals surface area contributed by atoms with Gasteiger partial charge < -0.3 is 15.5 Å². The maximum absolute atomic E-state index is 11.3. The quantitative estimate of drug-likeness (QED) is 0.836. The molecule has 0 aliphatic rings. The summed E-state index contributed by atoms with van der Waals surface area (Å²) in [6.07, 6.45) is 0. The number of anilines is 1. The molecule has 18 heavy (non-hydrogen) atoms. The predicted molar refractivity (Wildman–Crippen MR) is 74.4 cm³/mol. The van der Waals surface area contributed by atoms with Crippen LogP contribution in [0.4, 0.5) is 10.5 Å². The molecule has 6 heteroatoms. The molecule has 0 fully saturated rings. The van der Waals surface area contributed by atoms with Gasteiger partial charge in [-0.25, -0.2) is 4.79 Å². The van der Waals surface area contributed by atoms with Crippen LogP contribution in [-0.2, 0) is 0 Å². The highest BCUT2D eigenvalue weighted by Gasteiger charge is 2.03. The number of carbonyl (C=O) groups excluding carboxylic acids is 1. The summed E-state index contributed by atoms with van der Waals surface area (Å²) in [6, 6.07) is 7.38. The molecule has 0 heterocycles. The molecule has 0 radical (unpaired) electrons. The number of rotatable bonds is 4. The van der Waals surface area contributed by atoms with Crippen molar-refractivity contribution in [2.24, 2.45) is 0 Å². The summed E-state index contributed by atoms with van der Waals surface area (Å²) in [5.74, 6) is 0. The van der Waals surface area contributed by atoms with Crippen molar-refractivity contribution in [3.05, 3.63) is 28.2 Å². The van der Waals surface area contributed by atoms with E-state index in [9.17, 15) is 4.79 Å². The molecular weight excluding hydrogens is 296 g/mol. The highest BCUT2D eigenvalue weighted by Crippen LogP contribution is 2.20. The fraction of sp³-hybridized carbons (Fsp3) is 0.333. The lowest BCUT2D eigenvalue weighted by Crippen LogP contribution is -2.37. The zero-order valence-corrected chi connectivity index (χ0v) is 11.9. The van der Waals surface area contributed by atoms with Crippen LogP contribution in [0.2, 0.25) is 0 Å². The molecule has 5 nitrogen and oxygen atoms in total. The number of halogens is 1. The Balaban J connectivity index is 2.47. The maximum Gasteiger partial charge on any atom is 0.316 e. The number of carbonyl (C=O) groups is 1. The van der Waals surface area contributed by atoms with E-state index in [1.807, 2.05) is 12.1 Å². The lowest BCUT2D eigenvalue weighted by atomic mass is 10.2. The molecule has 0 atom stereocenters. The van der Waals surface area contributed by atoms with Crippen molar-refractivity contribution in [1.29, 1.82) is 5.26 Å². The summed E-state index contributed by atoms with van der Waals surface area (Å²) < 4.78 is 0.904. The van der Waals surface area contributed by atoms with Gasteiger partial charge in [-0.15, -0.1) is 0 Å². The largest absolute Gasteiger partial charge is 0.382 e. The average Bonchev–Trinajstić information content (AvgIpc) is 2.34. The van der Waals surface area contributed by atoms with Crippen molar-refractivity contribution >= 4 is 27.6 Å². The Hall–Kier alpha value is -1.74. The van der Waals surface area contributed by atoms with Crippen LogP contribution in [0.25, 0.3) is 0 Å². The number of urea groups is 1. The van der Waals surface area contributed by atoms with Crippen LogP contribution in [0, 0.1) is 11.3 Å². The minimum absolute atomic E-state index is 0.133. The van der Waals surface area contributed by atoms with Gasteiger partial charge in [0.1, 0.15) is 6.07 Å². The second-order valence-electron chi connectivity index (χ2n) is 3.85. The summed E-state index contributed by atoms with van der Waals surface area (Å²) in [6.45, 7) is 1.05. The summed E-state index contributed by atoms with van der Waals surface area (Å²) in [5.41, 5.74) is 1.34. The fourth-order valence-corrected chi connectivity index (χ4v) is 1.65. The third-order valence-electron chi connectivity index (χ3n) is 2.22. The summed E-state index contributed by atoms with van der Waals surface area (Å²) >= 11 is 3.35. The van der Waals surface area contributed by atoms with Crippen LogP contribution in [0.3, 0.4) is 0 Å². The highest BCUT2D eigenvalue weighted by molar-refractivity contribution is 9.10. The van der Waals surface area contributed by atoms with Gasteiger partial charge in [0.15, 0.2) is 0 Å². The molecule has 0 saturated carbocycles. The third kappa shape index (κ3) is 4.26. The van der Waals surface area contributed by atoms with E-state index >= 15 is 0 Å². The van der Waals surface area contributed by atoms with Gasteiger partial charge in [0.05, 0.1) is 11.3 Å². The molecule has 2 N–H and O–H groups in total. The molecule has 0 saturated heterocycles. The zero-order valence-electron chi connectivity index (χ0n) is 10.3. The molecular formula is C12H15BrN4O. The first-order chi connectivity index (χ1) is 8.54. The van der Waals surface area contributed by atoms with Gasteiger partial charge in [0.25, 0.3) is 0 Å². The SMILES string of the molecule is CN(C)C(=O)NCCNc1cc(Br)ccc1C#N. The zero-order chi connectivity index (χ0) is 13.5. The van der Waals surface area contributed by atoms with Crippen LogP contribution >= 0.6 is 15.9 Å². The van der Waals surface area contributed by atoms with E-state index in [1.165, 1.54) is 4.90 Å². The van der Waals surface area contributed by atoms with Crippen molar-refractivity contribution in [2.45, 2.75) is 0 Å². The number of hydrogen-bond acceptors (Lipinski definition) is 3. The van der Waals surface area contributed by atoms with Gasteiger partial charge in [0.2, 0.25) is 0 Å². The minimum atomic E-state index is -0.133. The lowest BCUT2D eigenvalue weighted by molar-refractivity contribution is 0.218. The second kappa shape index (κ2) is 6.87. The van der Waals surface area contributed by atoms with Crippen molar-refractivity contribution in [2.75, 3.05) is 32.5 Å². The van der Waals surface area contributed by atoms with Crippen molar-refractivity contribution in [3.63, 3.8) is 0 Å². The Bertz CT molecular complexity index is 468. The van der Waals surface area contributed by atoms with E-state index in [-0.39, 0.29) is 6.03 Å². The molecule has 0 aliphatic heterocycles. The third-order valence-corrected chi connectivity index (χ3v) is 2.72. The van der Waals surface area contributed by atoms with Crippen LogP contribution < -0.4 is 10.6 Å². The fourth-order valence-electron chi connectivity index (χ4n) is 1.28. The predicted octanol–water partition coefficient (Wildman–Crippen LogP) is 2.00. The summed E-state index contributed by atoms with van der Waals surface area (Å²) in [4.78, 5) is 12.7. The monoisotopic (exact) mass is 310 g/mol. The molecule has 0 unspecified atom stereocenters. The van der Waals surface area contributed by atoms with Crippen molar-refractivity contribution in [1.82, 2.24) is 10.2 Å². The van der Waals surface area contributed by atoms with Gasteiger partial charge in [-0.3, -0.25) is 0 Å². The number of nitrogens with one attached hydrogen (secondary N) is 2. The van der Waals surface area contributed by atoms with Crippen LogP contribution in [-0.4, -0.2) is 38.1 Å². The Kier molecular flexibility index (Phi) is 5.46. The molecule has 0 spiro atoms. The van der Waals surface area contributed by atoms with E-state index in [0.29, 0.717) is 18.7 Å². The molecule has 1 aromatic rings. The molecule has 0 aliphatic carbocycles. The number of amides is 2. The van der Waals surface area contributed by atoms with Gasteiger partial charge in [0, 0.05) is 31.7 Å². The molecule has 0 bridgehead atoms. The molecule has 1 aromatic carbocycles. The van der Waals surface area contributed by atoms with Crippen LogP contribution in [0.5, 0.6) is 0 Å². The van der Waals surface area contributed by atoms with E-state index < -0.39 is 0 Å². The first kappa shape index (κ1) is 14.3. The highest BCUT2D eigenvalue weighted by atomic mass is 79.9. The maximum atomic E-state index is 11.3. The first-order valence-corrected chi connectivity index (χ1v) is 6.22. The van der Waals surface area contributed by atoms with E-state index in [4.69, 9.17) is 5.26 Å². The number of hydrogen-bond donors (Lipinski definition) is 2. The van der Waals surface area contributed by atoms with E-state index in [1.54, 1.807) is 20.2 Å².